The maximum absolute atomic E-state index is 14.6. The van der Waals surface area contributed by atoms with Crippen LogP contribution in [0.4, 0.5) is 14.5 Å². The second kappa shape index (κ2) is 8.79. The minimum absolute atomic E-state index is 0.0992. The monoisotopic (exact) mass is 460 g/mol. The van der Waals surface area contributed by atoms with Crippen molar-refractivity contribution < 1.29 is 22.0 Å². The second-order valence-electron chi connectivity index (χ2n) is 7.61. The van der Waals surface area contributed by atoms with Gasteiger partial charge in [-0.15, -0.1) is 0 Å². The summed E-state index contributed by atoms with van der Waals surface area (Å²) in [5.41, 5.74) is 0.639. The van der Waals surface area contributed by atoms with Crippen LogP contribution in [0.25, 0.3) is 5.69 Å². The van der Waals surface area contributed by atoms with E-state index in [-0.39, 0.29) is 36.7 Å². The fourth-order valence-electron chi connectivity index (χ4n) is 3.81. The Bertz CT molecular complexity index is 1250. The third kappa shape index (κ3) is 4.28. The number of aryl methyl sites for hydroxylation is 1. The number of hydrogen-bond donors (Lipinski definition) is 1. The number of benzene rings is 2. The number of nitrogens with one attached hydrogen (secondary N) is 1. The van der Waals surface area contributed by atoms with Crippen molar-refractivity contribution in [3.05, 3.63) is 72.3 Å². The molecular formula is C22H22F2N4O3S. The summed E-state index contributed by atoms with van der Waals surface area (Å²) in [6.07, 6.45) is 3.79. The fraction of sp³-hybridized carbons (Fsp3) is 0.273. The molecule has 0 bridgehead atoms. The summed E-state index contributed by atoms with van der Waals surface area (Å²) in [5.74, 6) is -1.41. The highest BCUT2D eigenvalue weighted by atomic mass is 32.2. The third-order valence-electron chi connectivity index (χ3n) is 5.58. The number of halogens is 2. The molecule has 2 aromatic carbocycles. The molecule has 0 radical (unpaired) electrons. The van der Waals surface area contributed by atoms with E-state index in [1.165, 1.54) is 28.6 Å². The lowest BCUT2D eigenvalue weighted by Gasteiger charge is -2.30. The molecule has 7 nitrogen and oxygen atoms in total. The zero-order valence-corrected chi connectivity index (χ0v) is 18.1. The number of hydrogen-bond acceptors (Lipinski definition) is 4. The number of imidazole rings is 1. The van der Waals surface area contributed by atoms with E-state index in [1.54, 1.807) is 36.0 Å². The van der Waals surface area contributed by atoms with Crippen molar-refractivity contribution in [3.8, 4) is 5.69 Å². The lowest BCUT2D eigenvalue weighted by Crippen LogP contribution is -2.41. The van der Waals surface area contributed by atoms with E-state index in [0.717, 1.165) is 6.07 Å². The van der Waals surface area contributed by atoms with Crippen molar-refractivity contribution in [2.45, 2.75) is 24.7 Å². The SMILES string of the molecule is Cc1nccn1-c1ccc(NC(=O)C2CCN(S(=O)(=O)c3ccccc3F)CC2)cc1F. The number of aromatic nitrogens is 2. The van der Waals surface area contributed by atoms with Gasteiger partial charge in [-0.25, -0.2) is 22.2 Å². The van der Waals surface area contributed by atoms with Gasteiger partial charge >= 0.3 is 0 Å². The molecule has 1 saturated heterocycles. The number of amides is 1. The third-order valence-corrected chi connectivity index (χ3v) is 7.51. The largest absolute Gasteiger partial charge is 0.326 e. The van der Waals surface area contributed by atoms with Gasteiger partial charge in [0, 0.05) is 37.1 Å². The summed E-state index contributed by atoms with van der Waals surface area (Å²) in [5, 5.41) is 2.70. The Morgan fingerprint density at radius 2 is 1.81 bits per heavy atom. The standard InChI is InChI=1S/C22H22F2N4O3S/c1-15-25-10-13-28(15)20-7-6-17(14-19(20)24)26-22(29)16-8-11-27(12-9-16)32(30,31)21-5-3-2-4-18(21)23/h2-7,10,13-14,16H,8-9,11-12H2,1H3,(H,26,29). The van der Waals surface area contributed by atoms with Gasteiger partial charge in [0.25, 0.3) is 0 Å². The number of rotatable bonds is 5. The molecule has 0 spiro atoms. The van der Waals surface area contributed by atoms with Crippen molar-refractivity contribution in [2.75, 3.05) is 18.4 Å². The first-order valence-corrected chi connectivity index (χ1v) is 11.6. The zero-order valence-electron chi connectivity index (χ0n) is 17.3. The predicted molar refractivity (Wildman–Crippen MR) is 115 cm³/mol. The quantitative estimate of drug-likeness (QED) is 0.632. The molecule has 1 N–H and O–H groups in total. The van der Waals surface area contributed by atoms with Crippen LogP contribution >= 0.6 is 0 Å². The summed E-state index contributed by atoms with van der Waals surface area (Å²) in [6.45, 7) is 1.96. The summed E-state index contributed by atoms with van der Waals surface area (Å²) in [7, 11) is -3.97. The molecule has 1 aromatic heterocycles. The molecule has 0 aliphatic carbocycles. The average molecular weight is 461 g/mol. The van der Waals surface area contributed by atoms with Gasteiger partial charge in [0.1, 0.15) is 22.4 Å². The Balaban J connectivity index is 1.39. The number of carbonyl (C=O) groups excluding carboxylic acids is 1. The molecule has 168 valence electrons. The zero-order chi connectivity index (χ0) is 22.9. The Hall–Kier alpha value is -3.11. The van der Waals surface area contributed by atoms with E-state index in [0.29, 0.717) is 17.2 Å². The molecule has 10 heteroatoms. The second-order valence-corrected chi connectivity index (χ2v) is 9.52. The molecule has 0 unspecified atom stereocenters. The van der Waals surface area contributed by atoms with Gasteiger partial charge < -0.3 is 9.88 Å². The lowest BCUT2D eigenvalue weighted by molar-refractivity contribution is -0.120. The molecule has 2 heterocycles. The number of carbonyl (C=O) groups is 1. The summed E-state index contributed by atoms with van der Waals surface area (Å²) < 4.78 is 56.7. The van der Waals surface area contributed by atoms with E-state index >= 15 is 0 Å². The van der Waals surface area contributed by atoms with Crippen LogP contribution < -0.4 is 5.32 Å². The van der Waals surface area contributed by atoms with Crippen LogP contribution in [0.5, 0.6) is 0 Å². The van der Waals surface area contributed by atoms with Gasteiger partial charge in [0.05, 0.1) is 5.69 Å². The molecule has 1 aliphatic heterocycles. The van der Waals surface area contributed by atoms with Crippen molar-refractivity contribution in [1.29, 1.82) is 0 Å². The van der Waals surface area contributed by atoms with Crippen molar-refractivity contribution in [1.82, 2.24) is 13.9 Å². The lowest BCUT2D eigenvalue weighted by atomic mass is 9.97. The van der Waals surface area contributed by atoms with Crippen molar-refractivity contribution >= 4 is 21.6 Å². The van der Waals surface area contributed by atoms with Crippen LogP contribution in [0, 0.1) is 24.5 Å². The minimum atomic E-state index is -3.97. The predicted octanol–water partition coefficient (Wildman–Crippen LogP) is 3.50. The van der Waals surface area contributed by atoms with Crippen LogP contribution in [-0.2, 0) is 14.8 Å². The number of anilines is 1. The van der Waals surface area contributed by atoms with Crippen LogP contribution in [0.15, 0.2) is 59.8 Å². The van der Waals surface area contributed by atoms with Gasteiger partial charge in [-0.2, -0.15) is 4.31 Å². The molecule has 0 saturated carbocycles. The maximum Gasteiger partial charge on any atom is 0.245 e. The van der Waals surface area contributed by atoms with Gasteiger partial charge in [-0.1, -0.05) is 12.1 Å². The molecule has 4 rings (SSSR count). The van der Waals surface area contributed by atoms with Crippen molar-refractivity contribution in [2.24, 2.45) is 5.92 Å². The molecule has 1 amide bonds. The van der Waals surface area contributed by atoms with E-state index in [2.05, 4.69) is 10.3 Å². The Kier molecular flexibility index (Phi) is 6.07. The van der Waals surface area contributed by atoms with Gasteiger partial charge in [-0.3, -0.25) is 4.79 Å². The summed E-state index contributed by atoms with van der Waals surface area (Å²) in [4.78, 5) is 16.4. The van der Waals surface area contributed by atoms with Crippen molar-refractivity contribution in [3.63, 3.8) is 0 Å². The first kappa shape index (κ1) is 22.1. The smallest absolute Gasteiger partial charge is 0.245 e. The average Bonchev–Trinajstić information content (AvgIpc) is 3.19. The minimum Gasteiger partial charge on any atom is -0.326 e. The number of sulfonamides is 1. The molecule has 1 fully saturated rings. The highest BCUT2D eigenvalue weighted by Gasteiger charge is 2.33. The number of piperidine rings is 1. The van der Waals surface area contributed by atoms with Gasteiger partial charge in [0.15, 0.2) is 0 Å². The number of nitrogens with zero attached hydrogens (tertiary/aromatic N) is 3. The Morgan fingerprint density at radius 3 is 2.44 bits per heavy atom. The van der Waals surface area contributed by atoms with E-state index in [1.807, 2.05) is 0 Å². The van der Waals surface area contributed by atoms with Gasteiger partial charge in [0.2, 0.25) is 15.9 Å². The topological polar surface area (TPSA) is 84.3 Å². The highest BCUT2D eigenvalue weighted by Crippen LogP contribution is 2.27. The highest BCUT2D eigenvalue weighted by molar-refractivity contribution is 7.89. The molecule has 32 heavy (non-hydrogen) atoms. The van der Waals surface area contributed by atoms with Crippen LogP contribution in [-0.4, -0.2) is 41.3 Å². The van der Waals surface area contributed by atoms with E-state index in [4.69, 9.17) is 0 Å². The first-order valence-electron chi connectivity index (χ1n) is 10.1. The molecule has 1 aliphatic rings. The van der Waals surface area contributed by atoms with E-state index in [9.17, 15) is 22.0 Å². The fourth-order valence-corrected chi connectivity index (χ4v) is 5.34. The summed E-state index contributed by atoms with van der Waals surface area (Å²) >= 11 is 0. The Labute approximate surface area is 184 Å². The maximum atomic E-state index is 14.6. The van der Waals surface area contributed by atoms with Crippen LogP contribution in [0.1, 0.15) is 18.7 Å². The Morgan fingerprint density at radius 1 is 1.09 bits per heavy atom. The normalized spacial score (nSPS) is 15.6. The van der Waals surface area contributed by atoms with Crippen LogP contribution in [0.3, 0.4) is 0 Å². The molecule has 0 atom stereocenters. The summed E-state index contributed by atoms with van der Waals surface area (Å²) in [6, 6.07) is 9.63. The van der Waals surface area contributed by atoms with Crippen LogP contribution in [0.2, 0.25) is 0 Å². The molecular weight excluding hydrogens is 438 g/mol. The van der Waals surface area contributed by atoms with E-state index < -0.39 is 27.6 Å². The first-order chi connectivity index (χ1) is 15.3. The molecule has 3 aromatic rings. The van der Waals surface area contributed by atoms with Gasteiger partial charge in [-0.05, 0) is 50.1 Å².